The van der Waals surface area contributed by atoms with Crippen LogP contribution in [0.4, 0.5) is 18.9 Å². The highest BCUT2D eigenvalue weighted by atomic mass is 79.9. The fourth-order valence-corrected chi connectivity index (χ4v) is 3.34. The van der Waals surface area contributed by atoms with Crippen LogP contribution in [-0.2, 0) is 4.74 Å². The Morgan fingerprint density at radius 3 is 2.68 bits per heavy atom. The van der Waals surface area contributed by atoms with Gasteiger partial charge in [-0.25, -0.2) is 9.78 Å². The molecule has 1 N–H and O–H groups in total. The predicted octanol–water partition coefficient (Wildman–Crippen LogP) is 5.25. The van der Waals surface area contributed by atoms with E-state index < -0.39 is 18.6 Å². The van der Waals surface area contributed by atoms with E-state index in [-0.39, 0.29) is 6.54 Å². The van der Waals surface area contributed by atoms with Crippen molar-refractivity contribution in [1.29, 1.82) is 0 Å². The maximum atomic E-state index is 12.4. The number of hydrogen-bond donors (Lipinski definition) is 1. The summed E-state index contributed by atoms with van der Waals surface area (Å²) in [5.74, 6) is -0.418. The summed E-state index contributed by atoms with van der Waals surface area (Å²) in [5.41, 5.74) is 3.76. The number of nitrogens with zero attached hydrogens (tertiary/aromatic N) is 2. The van der Waals surface area contributed by atoms with Crippen LogP contribution in [0.3, 0.4) is 0 Å². The number of methoxy groups -OCH3 is 1. The molecule has 148 valence electrons. The number of imidazole rings is 1. The van der Waals surface area contributed by atoms with Gasteiger partial charge in [0.05, 0.1) is 30.3 Å². The molecule has 1 heterocycles. The second kappa shape index (κ2) is 7.83. The number of alkyl halides is 3. The van der Waals surface area contributed by atoms with Gasteiger partial charge in [-0.05, 0) is 42.8 Å². The SMILES string of the molecule is COC(=O)c1ccc(-n2cnc3c(NCCC(F)(F)F)cc(Br)cc32)cc1C. The Morgan fingerprint density at radius 1 is 1.29 bits per heavy atom. The molecule has 28 heavy (non-hydrogen) atoms. The maximum absolute atomic E-state index is 12.4. The first-order chi connectivity index (χ1) is 13.2. The molecule has 0 saturated carbocycles. The first-order valence-electron chi connectivity index (χ1n) is 8.36. The van der Waals surface area contributed by atoms with E-state index in [0.717, 1.165) is 11.3 Å². The van der Waals surface area contributed by atoms with Crippen LogP contribution in [0, 0.1) is 6.92 Å². The molecule has 0 saturated heterocycles. The van der Waals surface area contributed by atoms with Gasteiger partial charge in [-0.1, -0.05) is 15.9 Å². The highest BCUT2D eigenvalue weighted by Gasteiger charge is 2.26. The lowest BCUT2D eigenvalue weighted by Crippen LogP contribution is -2.14. The molecule has 0 aliphatic carbocycles. The zero-order chi connectivity index (χ0) is 20.5. The second-order valence-corrected chi connectivity index (χ2v) is 7.13. The minimum absolute atomic E-state index is 0.241. The second-order valence-electron chi connectivity index (χ2n) is 6.22. The van der Waals surface area contributed by atoms with Crippen molar-refractivity contribution in [3.05, 3.63) is 52.3 Å². The molecular weight excluding hydrogens is 439 g/mol. The van der Waals surface area contributed by atoms with Gasteiger partial charge in [0.25, 0.3) is 0 Å². The van der Waals surface area contributed by atoms with E-state index >= 15 is 0 Å². The number of fused-ring (bicyclic) bond motifs is 1. The summed E-state index contributed by atoms with van der Waals surface area (Å²) < 4.78 is 44.6. The van der Waals surface area contributed by atoms with E-state index in [9.17, 15) is 18.0 Å². The van der Waals surface area contributed by atoms with Crippen LogP contribution < -0.4 is 5.32 Å². The number of carbonyl (C=O) groups is 1. The molecule has 0 spiro atoms. The molecule has 3 aromatic rings. The maximum Gasteiger partial charge on any atom is 0.390 e. The molecule has 2 aromatic carbocycles. The lowest BCUT2D eigenvalue weighted by atomic mass is 10.1. The molecule has 1 aromatic heterocycles. The molecule has 5 nitrogen and oxygen atoms in total. The van der Waals surface area contributed by atoms with Crippen LogP contribution in [0.2, 0.25) is 0 Å². The number of aromatic nitrogens is 2. The summed E-state index contributed by atoms with van der Waals surface area (Å²) in [5, 5.41) is 2.81. The van der Waals surface area contributed by atoms with Crippen molar-refractivity contribution in [3.63, 3.8) is 0 Å². The third-order valence-electron chi connectivity index (χ3n) is 4.23. The van der Waals surface area contributed by atoms with Crippen molar-refractivity contribution in [2.24, 2.45) is 0 Å². The van der Waals surface area contributed by atoms with Gasteiger partial charge in [-0.2, -0.15) is 13.2 Å². The van der Waals surface area contributed by atoms with Crippen molar-refractivity contribution < 1.29 is 22.7 Å². The zero-order valence-electron chi connectivity index (χ0n) is 15.1. The van der Waals surface area contributed by atoms with E-state index in [1.165, 1.54) is 7.11 Å². The number of carbonyl (C=O) groups excluding carboxylic acids is 1. The zero-order valence-corrected chi connectivity index (χ0v) is 16.7. The van der Waals surface area contributed by atoms with E-state index in [2.05, 4.69) is 26.2 Å². The third kappa shape index (κ3) is 4.30. The van der Waals surface area contributed by atoms with Crippen LogP contribution in [0.25, 0.3) is 16.7 Å². The van der Waals surface area contributed by atoms with Crippen LogP contribution in [-0.4, -0.2) is 35.4 Å². The molecule has 0 aliphatic heterocycles. The van der Waals surface area contributed by atoms with E-state index in [0.29, 0.717) is 26.8 Å². The lowest BCUT2D eigenvalue weighted by molar-refractivity contribution is -0.131. The van der Waals surface area contributed by atoms with Crippen LogP contribution in [0.15, 0.2) is 41.1 Å². The Morgan fingerprint density at radius 2 is 2.04 bits per heavy atom. The van der Waals surface area contributed by atoms with Gasteiger partial charge in [-0.15, -0.1) is 0 Å². The van der Waals surface area contributed by atoms with Crippen molar-refractivity contribution >= 4 is 38.6 Å². The number of esters is 1. The monoisotopic (exact) mass is 455 g/mol. The fourth-order valence-electron chi connectivity index (χ4n) is 2.90. The first-order valence-corrected chi connectivity index (χ1v) is 9.15. The summed E-state index contributed by atoms with van der Waals surface area (Å²) in [7, 11) is 1.32. The molecule has 0 fully saturated rings. The summed E-state index contributed by atoms with van der Waals surface area (Å²) in [6.45, 7) is 1.56. The van der Waals surface area contributed by atoms with Gasteiger partial charge in [0.2, 0.25) is 0 Å². The average molecular weight is 456 g/mol. The molecule has 0 aliphatic rings. The molecule has 0 unspecified atom stereocenters. The van der Waals surface area contributed by atoms with Gasteiger partial charge in [-0.3, -0.25) is 4.57 Å². The minimum atomic E-state index is -4.23. The van der Waals surface area contributed by atoms with E-state index in [1.807, 2.05) is 16.7 Å². The fraction of sp³-hybridized carbons (Fsp3) is 0.263. The Labute approximate surface area is 167 Å². The quantitative estimate of drug-likeness (QED) is 0.534. The van der Waals surface area contributed by atoms with Crippen molar-refractivity contribution in [3.8, 4) is 5.69 Å². The number of anilines is 1. The third-order valence-corrected chi connectivity index (χ3v) is 4.69. The van der Waals surface area contributed by atoms with Gasteiger partial charge < -0.3 is 10.1 Å². The normalized spacial score (nSPS) is 11.6. The summed E-state index contributed by atoms with van der Waals surface area (Å²) in [4.78, 5) is 16.1. The number of halogens is 4. The molecule has 0 bridgehead atoms. The average Bonchev–Trinajstić information content (AvgIpc) is 3.03. The summed E-state index contributed by atoms with van der Waals surface area (Å²) in [6, 6.07) is 8.79. The Kier molecular flexibility index (Phi) is 5.64. The Hall–Kier alpha value is -2.55. The molecule has 0 atom stereocenters. The first kappa shape index (κ1) is 20.2. The van der Waals surface area contributed by atoms with E-state index in [1.54, 1.807) is 31.5 Å². The van der Waals surface area contributed by atoms with Gasteiger partial charge in [0.1, 0.15) is 11.8 Å². The molecule has 0 amide bonds. The minimum Gasteiger partial charge on any atom is -0.465 e. The molecule has 9 heteroatoms. The highest BCUT2D eigenvalue weighted by Crippen LogP contribution is 2.30. The number of nitrogens with one attached hydrogen (secondary N) is 1. The van der Waals surface area contributed by atoms with Gasteiger partial charge in [0.15, 0.2) is 0 Å². The number of hydrogen-bond acceptors (Lipinski definition) is 4. The number of benzene rings is 2. The van der Waals surface area contributed by atoms with Crippen LogP contribution in [0.1, 0.15) is 22.3 Å². The molecule has 3 rings (SSSR count). The Balaban J connectivity index is 1.98. The van der Waals surface area contributed by atoms with Gasteiger partial charge in [0, 0.05) is 16.7 Å². The number of ether oxygens (including phenoxy) is 1. The predicted molar refractivity (Wildman–Crippen MR) is 104 cm³/mol. The van der Waals surface area contributed by atoms with Gasteiger partial charge >= 0.3 is 12.1 Å². The lowest BCUT2D eigenvalue weighted by Gasteiger charge is -2.11. The number of aryl methyl sites for hydroxylation is 1. The highest BCUT2D eigenvalue weighted by molar-refractivity contribution is 9.10. The van der Waals surface area contributed by atoms with Crippen molar-refractivity contribution in [2.75, 3.05) is 19.0 Å². The molecular formula is C19H17BrF3N3O2. The number of rotatable bonds is 5. The van der Waals surface area contributed by atoms with Crippen molar-refractivity contribution in [1.82, 2.24) is 9.55 Å². The summed E-state index contributed by atoms with van der Waals surface area (Å²) >= 11 is 3.40. The molecule has 0 radical (unpaired) electrons. The van der Waals surface area contributed by atoms with Crippen LogP contribution >= 0.6 is 15.9 Å². The van der Waals surface area contributed by atoms with E-state index in [4.69, 9.17) is 4.74 Å². The topological polar surface area (TPSA) is 56.2 Å². The standard InChI is InChI=1S/C19H17BrF3N3O2/c1-11-7-13(3-4-14(11)18(27)28-2)26-10-25-17-15(8-12(20)9-16(17)26)24-6-5-19(21,22)23/h3-4,7-10,24H,5-6H2,1-2H3. The van der Waals surface area contributed by atoms with Crippen molar-refractivity contribution in [2.45, 2.75) is 19.5 Å². The Bertz CT molecular complexity index is 1030. The largest absolute Gasteiger partial charge is 0.465 e. The van der Waals surface area contributed by atoms with Crippen LogP contribution in [0.5, 0.6) is 0 Å². The smallest absolute Gasteiger partial charge is 0.390 e. The summed E-state index contributed by atoms with van der Waals surface area (Å²) in [6.07, 6.45) is -3.56.